The Balaban J connectivity index is 1.28. The van der Waals surface area contributed by atoms with Gasteiger partial charge in [0, 0.05) is 17.9 Å². The lowest BCUT2D eigenvalue weighted by Crippen LogP contribution is -2.67. The van der Waals surface area contributed by atoms with Gasteiger partial charge in [0.25, 0.3) is 0 Å². The second kappa shape index (κ2) is 11.1. The predicted octanol–water partition coefficient (Wildman–Crippen LogP) is 7.59. The van der Waals surface area contributed by atoms with Crippen molar-refractivity contribution in [3.05, 3.63) is 11.1 Å². The molecule has 0 heterocycles. The number of hydrogen-bond acceptors (Lipinski definition) is 5. The summed E-state index contributed by atoms with van der Waals surface area (Å²) in [6.45, 7) is 19.5. The number of nitrogens with one attached hydrogen (secondary N) is 2. The number of carboxylic acid groups (broad SMARTS) is 1. The second-order valence-electron chi connectivity index (χ2n) is 18.9. The lowest BCUT2D eigenvalue weighted by Gasteiger charge is -2.72. The van der Waals surface area contributed by atoms with Crippen molar-refractivity contribution in [2.75, 3.05) is 0 Å². The number of carboxylic acids is 1. The molecule has 6 rings (SSSR count). The molecule has 47 heavy (non-hydrogen) atoms. The van der Waals surface area contributed by atoms with Gasteiger partial charge < -0.3 is 20.5 Å². The first-order chi connectivity index (χ1) is 21.7. The zero-order valence-electron chi connectivity index (χ0n) is 30.4. The van der Waals surface area contributed by atoms with Crippen molar-refractivity contribution >= 4 is 23.8 Å². The third-order valence-electron chi connectivity index (χ3n) is 15.1. The van der Waals surface area contributed by atoms with Crippen molar-refractivity contribution in [1.82, 2.24) is 10.6 Å². The van der Waals surface area contributed by atoms with E-state index in [0.29, 0.717) is 18.3 Å². The third kappa shape index (κ3) is 5.19. The molecular weight excluding hydrogens is 592 g/mol. The van der Waals surface area contributed by atoms with Gasteiger partial charge in [-0.1, -0.05) is 48.5 Å². The van der Waals surface area contributed by atoms with E-state index in [9.17, 15) is 24.3 Å². The Morgan fingerprint density at radius 3 is 2.19 bits per heavy atom. The molecule has 8 heteroatoms. The van der Waals surface area contributed by atoms with Crippen molar-refractivity contribution in [3.8, 4) is 0 Å². The minimum absolute atomic E-state index is 0.00197. The molecule has 6 aliphatic rings. The molecule has 5 saturated carbocycles. The van der Waals surface area contributed by atoms with Crippen LogP contribution in [0.4, 0.5) is 4.79 Å². The normalized spacial score (nSPS) is 40.9. The number of carbonyl (C=O) groups excluding carboxylic acids is 3. The van der Waals surface area contributed by atoms with Gasteiger partial charge >= 0.3 is 18.0 Å². The number of Topliss-reactive ketones (excluding diaryl/α,β-unsaturated/α-hetero) is 1. The lowest BCUT2D eigenvalue weighted by atomic mass is 9.33. The largest absolute Gasteiger partial charge is 0.481 e. The third-order valence-corrected chi connectivity index (χ3v) is 15.1. The quantitative estimate of drug-likeness (QED) is 0.244. The highest BCUT2D eigenvalue weighted by Gasteiger charge is 2.70. The number of ketones is 1. The number of fused-ring (bicyclic) bond motifs is 7. The highest BCUT2D eigenvalue weighted by molar-refractivity contribution is 6.02. The minimum atomic E-state index is -1.16. The van der Waals surface area contributed by atoms with Gasteiger partial charge in [-0.2, -0.15) is 0 Å². The van der Waals surface area contributed by atoms with E-state index < -0.39 is 22.9 Å². The molecule has 8 nitrogen and oxygen atoms in total. The van der Waals surface area contributed by atoms with E-state index in [4.69, 9.17) is 4.74 Å². The number of ether oxygens (including phenoxy) is 1. The lowest BCUT2D eigenvalue weighted by molar-refractivity contribution is -0.232. The topological polar surface area (TPSA) is 122 Å². The van der Waals surface area contributed by atoms with Crippen LogP contribution in [0.5, 0.6) is 0 Å². The zero-order valence-corrected chi connectivity index (χ0v) is 30.4. The summed E-state index contributed by atoms with van der Waals surface area (Å²) in [5, 5.41) is 16.1. The van der Waals surface area contributed by atoms with Crippen LogP contribution in [0, 0.1) is 50.7 Å². The predicted molar refractivity (Wildman–Crippen MR) is 180 cm³/mol. The molecule has 262 valence electrons. The minimum Gasteiger partial charge on any atom is -0.481 e. The molecule has 0 aliphatic heterocycles. The number of urea groups is 1. The van der Waals surface area contributed by atoms with E-state index in [1.807, 2.05) is 0 Å². The maximum Gasteiger partial charge on any atom is 0.315 e. The van der Waals surface area contributed by atoms with Crippen molar-refractivity contribution in [1.29, 1.82) is 0 Å². The van der Waals surface area contributed by atoms with Gasteiger partial charge in [0.15, 0.2) is 5.78 Å². The van der Waals surface area contributed by atoms with Crippen LogP contribution >= 0.6 is 0 Å². The molecule has 0 radical (unpaired) electrons. The van der Waals surface area contributed by atoms with E-state index in [0.717, 1.165) is 69.8 Å². The standard InChI is InChI=1S/C39H60N2O6/c1-22(2)30-25(42)20-39(41-33(46)40-23-10-11-23)19-18-37(8)24(31(30)39)12-13-27-36(7)16-15-28(47-29(43)21-34(3,4)32(44)45)35(5,6)26(36)14-17-38(27,37)9/h22-24,26-28H,10-21H2,1-9H3,(H,44,45)(H2,40,41,46)/t24-,26+,27-,28+,36+,37-,38-,39-/m1/s1. The Labute approximate surface area is 282 Å². The SMILES string of the molecule is CC(C)C1=C2[C@H]3CC[C@@H]4[C@@]5(C)CC[C@H](OC(=O)CC(C)(C)C(=O)O)C(C)(C)[C@@H]5CC[C@@]4(C)[C@]3(C)CC[C@@]2(NC(=O)NC2CC2)CC1=O. The van der Waals surface area contributed by atoms with Crippen LogP contribution in [0.15, 0.2) is 11.1 Å². The number of allylic oxidation sites excluding steroid dienone is 1. The summed E-state index contributed by atoms with van der Waals surface area (Å²) in [6.07, 6.45) is 9.88. The summed E-state index contributed by atoms with van der Waals surface area (Å²) in [6, 6.07) is 0.143. The van der Waals surface area contributed by atoms with Crippen molar-refractivity contribution in [2.45, 2.75) is 157 Å². The van der Waals surface area contributed by atoms with Gasteiger partial charge in [0.2, 0.25) is 0 Å². The van der Waals surface area contributed by atoms with E-state index >= 15 is 0 Å². The molecule has 6 aliphatic carbocycles. The highest BCUT2D eigenvalue weighted by Crippen LogP contribution is 2.76. The van der Waals surface area contributed by atoms with Crippen LogP contribution in [0.25, 0.3) is 0 Å². The molecule has 0 aromatic carbocycles. The maximum atomic E-state index is 13.8. The van der Waals surface area contributed by atoms with Crippen LogP contribution in [0.2, 0.25) is 0 Å². The van der Waals surface area contributed by atoms with Gasteiger partial charge in [-0.05, 0) is 129 Å². The van der Waals surface area contributed by atoms with Crippen LogP contribution in [0.3, 0.4) is 0 Å². The van der Waals surface area contributed by atoms with Crippen molar-refractivity contribution in [3.63, 3.8) is 0 Å². The second-order valence-corrected chi connectivity index (χ2v) is 18.9. The number of esters is 1. The van der Waals surface area contributed by atoms with E-state index in [1.54, 1.807) is 13.8 Å². The van der Waals surface area contributed by atoms with Crippen LogP contribution in [0.1, 0.15) is 139 Å². The number of carbonyl (C=O) groups is 4. The first kappa shape index (κ1) is 34.5. The van der Waals surface area contributed by atoms with Gasteiger partial charge in [0.1, 0.15) is 6.10 Å². The summed E-state index contributed by atoms with van der Waals surface area (Å²) >= 11 is 0. The van der Waals surface area contributed by atoms with E-state index in [1.165, 1.54) is 5.57 Å². The molecule has 3 N–H and O–H groups in total. The Morgan fingerprint density at radius 2 is 1.57 bits per heavy atom. The van der Waals surface area contributed by atoms with E-state index in [-0.39, 0.29) is 63.9 Å². The van der Waals surface area contributed by atoms with Crippen LogP contribution in [-0.4, -0.2) is 46.5 Å². The van der Waals surface area contributed by atoms with Gasteiger partial charge in [0.05, 0.1) is 17.4 Å². The number of hydrogen-bond donors (Lipinski definition) is 3. The van der Waals surface area contributed by atoms with Crippen molar-refractivity contribution < 1.29 is 29.0 Å². The number of rotatable bonds is 7. The molecule has 0 spiro atoms. The maximum absolute atomic E-state index is 13.8. The molecular formula is C39H60N2O6. The molecule has 0 bridgehead atoms. The fourth-order valence-electron chi connectivity index (χ4n) is 12.2. The summed E-state index contributed by atoms with van der Waals surface area (Å²) < 4.78 is 6.14. The number of amides is 2. The first-order valence-electron chi connectivity index (χ1n) is 18.5. The van der Waals surface area contributed by atoms with Gasteiger partial charge in [-0.15, -0.1) is 0 Å². The van der Waals surface area contributed by atoms with E-state index in [2.05, 4.69) is 59.1 Å². The molecule has 0 unspecified atom stereocenters. The fraction of sp³-hybridized carbons (Fsp3) is 0.846. The Morgan fingerprint density at radius 1 is 0.894 bits per heavy atom. The Kier molecular flexibility index (Phi) is 8.12. The zero-order chi connectivity index (χ0) is 34.5. The molecule has 8 atom stereocenters. The monoisotopic (exact) mass is 652 g/mol. The average molecular weight is 653 g/mol. The molecule has 5 fully saturated rings. The summed E-state index contributed by atoms with van der Waals surface area (Å²) in [4.78, 5) is 51.7. The summed E-state index contributed by atoms with van der Waals surface area (Å²) in [7, 11) is 0. The molecule has 2 amide bonds. The summed E-state index contributed by atoms with van der Waals surface area (Å²) in [5.74, 6) is 0.0563. The smallest absolute Gasteiger partial charge is 0.315 e. The first-order valence-corrected chi connectivity index (χ1v) is 18.5. The molecule has 0 aromatic heterocycles. The Bertz CT molecular complexity index is 1390. The summed E-state index contributed by atoms with van der Waals surface area (Å²) in [5.41, 5.74) is 0.394. The molecule has 0 saturated heterocycles. The highest BCUT2D eigenvalue weighted by atomic mass is 16.5. The van der Waals surface area contributed by atoms with Crippen LogP contribution in [-0.2, 0) is 19.1 Å². The van der Waals surface area contributed by atoms with Gasteiger partial charge in [-0.25, -0.2) is 4.79 Å². The van der Waals surface area contributed by atoms with Crippen molar-refractivity contribution in [2.24, 2.45) is 50.7 Å². The Hall–Kier alpha value is -2.38. The fourth-order valence-corrected chi connectivity index (χ4v) is 12.2. The molecule has 0 aromatic rings. The van der Waals surface area contributed by atoms with Gasteiger partial charge in [-0.3, -0.25) is 14.4 Å². The number of aliphatic carboxylic acids is 1. The average Bonchev–Trinajstić information content (AvgIpc) is 3.70. The van der Waals surface area contributed by atoms with Crippen LogP contribution < -0.4 is 10.6 Å².